The third-order valence-electron chi connectivity index (χ3n) is 3.69. The minimum Gasteiger partial charge on any atom is -0.361 e. The van der Waals surface area contributed by atoms with Crippen molar-refractivity contribution >= 4 is 5.91 Å². The fourth-order valence-corrected chi connectivity index (χ4v) is 2.76. The van der Waals surface area contributed by atoms with Crippen molar-refractivity contribution in [2.24, 2.45) is 5.92 Å². The predicted octanol–water partition coefficient (Wildman–Crippen LogP) is 0.417. The average Bonchev–Trinajstić information content (AvgIpc) is 2.90. The van der Waals surface area contributed by atoms with Gasteiger partial charge in [-0.3, -0.25) is 4.79 Å². The van der Waals surface area contributed by atoms with E-state index in [-0.39, 0.29) is 5.91 Å². The summed E-state index contributed by atoms with van der Waals surface area (Å²) < 4.78 is 4.94. The van der Waals surface area contributed by atoms with Crippen molar-refractivity contribution in [1.29, 1.82) is 0 Å². The van der Waals surface area contributed by atoms with Crippen LogP contribution >= 0.6 is 0 Å². The molecule has 2 aliphatic rings. The Kier molecular flexibility index (Phi) is 2.21. The van der Waals surface area contributed by atoms with E-state index in [1.165, 1.54) is 6.20 Å². The van der Waals surface area contributed by atoms with E-state index in [1.54, 1.807) is 6.92 Å². The molecule has 1 aromatic heterocycles. The van der Waals surface area contributed by atoms with Crippen LogP contribution in [0.4, 0.5) is 0 Å². The van der Waals surface area contributed by atoms with Gasteiger partial charge in [0.1, 0.15) is 11.3 Å². The van der Waals surface area contributed by atoms with E-state index < -0.39 is 0 Å². The monoisotopic (exact) mass is 221 g/mol. The van der Waals surface area contributed by atoms with E-state index in [9.17, 15) is 4.79 Å². The molecular formula is C11H15N3O2. The van der Waals surface area contributed by atoms with Crippen LogP contribution in [0.15, 0.2) is 10.7 Å². The number of carbonyl (C=O) groups excluding carboxylic acids is 1. The van der Waals surface area contributed by atoms with Crippen molar-refractivity contribution in [3.63, 3.8) is 0 Å². The van der Waals surface area contributed by atoms with E-state index in [2.05, 4.69) is 10.5 Å². The third-order valence-corrected chi connectivity index (χ3v) is 3.69. The number of hydrogen-bond donors (Lipinski definition) is 1. The zero-order valence-corrected chi connectivity index (χ0v) is 9.27. The largest absolute Gasteiger partial charge is 0.361 e. The second-order valence-corrected chi connectivity index (χ2v) is 4.57. The Bertz CT molecular complexity index is 415. The lowest BCUT2D eigenvalue weighted by molar-refractivity contribution is 0.0735. The molecule has 0 saturated carbocycles. The summed E-state index contributed by atoms with van der Waals surface area (Å²) in [6.45, 7) is 4.60. The van der Waals surface area contributed by atoms with Crippen molar-refractivity contribution in [1.82, 2.24) is 15.4 Å². The van der Waals surface area contributed by atoms with Gasteiger partial charge in [0.25, 0.3) is 5.91 Å². The lowest BCUT2D eigenvalue weighted by Gasteiger charge is -2.22. The molecule has 2 aliphatic heterocycles. The van der Waals surface area contributed by atoms with Gasteiger partial charge in [0, 0.05) is 25.7 Å². The van der Waals surface area contributed by atoms with Crippen molar-refractivity contribution in [3.8, 4) is 0 Å². The Labute approximate surface area is 93.8 Å². The second kappa shape index (κ2) is 3.59. The van der Waals surface area contributed by atoms with Crippen LogP contribution < -0.4 is 5.32 Å². The summed E-state index contributed by atoms with van der Waals surface area (Å²) in [7, 11) is 0. The second-order valence-electron chi connectivity index (χ2n) is 4.57. The maximum atomic E-state index is 12.3. The van der Waals surface area contributed by atoms with Gasteiger partial charge in [-0.15, -0.1) is 0 Å². The molecular weight excluding hydrogens is 206 g/mol. The van der Waals surface area contributed by atoms with Gasteiger partial charge in [-0.25, -0.2) is 0 Å². The highest BCUT2D eigenvalue weighted by molar-refractivity contribution is 5.95. The fourth-order valence-electron chi connectivity index (χ4n) is 2.76. The lowest BCUT2D eigenvalue weighted by atomic mass is 10.0. The van der Waals surface area contributed by atoms with Gasteiger partial charge in [0.2, 0.25) is 0 Å². The average molecular weight is 221 g/mol. The summed E-state index contributed by atoms with van der Waals surface area (Å²) in [6, 6.07) is 0.363. The molecule has 2 fully saturated rings. The Balaban J connectivity index is 1.83. The van der Waals surface area contributed by atoms with Gasteiger partial charge in [-0.2, -0.15) is 0 Å². The predicted molar refractivity (Wildman–Crippen MR) is 57.0 cm³/mol. The van der Waals surface area contributed by atoms with Gasteiger partial charge in [0.15, 0.2) is 0 Å². The van der Waals surface area contributed by atoms with Gasteiger partial charge in [-0.05, 0) is 19.3 Å². The summed E-state index contributed by atoms with van der Waals surface area (Å²) >= 11 is 0. The number of likely N-dealkylation sites (tertiary alicyclic amines) is 1. The van der Waals surface area contributed by atoms with Crippen LogP contribution in [-0.2, 0) is 0 Å². The van der Waals surface area contributed by atoms with Gasteiger partial charge in [0.05, 0.1) is 6.20 Å². The SMILES string of the molecule is Cc1oncc1C(=O)N1CCC2CNCC21. The molecule has 5 nitrogen and oxygen atoms in total. The smallest absolute Gasteiger partial charge is 0.259 e. The van der Waals surface area contributed by atoms with E-state index in [1.807, 2.05) is 4.90 Å². The zero-order chi connectivity index (χ0) is 11.1. The third kappa shape index (κ3) is 1.35. The van der Waals surface area contributed by atoms with Crippen molar-refractivity contribution < 1.29 is 9.32 Å². The number of amides is 1. The number of fused-ring (bicyclic) bond motifs is 1. The standard InChI is InChI=1S/C11H15N3O2/c1-7-9(5-13-16-7)11(15)14-3-2-8-4-12-6-10(8)14/h5,8,10,12H,2-4,6H2,1H3. The summed E-state index contributed by atoms with van der Waals surface area (Å²) in [5.41, 5.74) is 0.604. The molecule has 0 bridgehead atoms. The molecule has 0 aromatic carbocycles. The highest BCUT2D eigenvalue weighted by atomic mass is 16.5. The van der Waals surface area contributed by atoms with E-state index in [0.717, 1.165) is 26.1 Å². The van der Waals surface area contributed by atoms with Crippen LogP contribution in [0.25, 0.3) is 0 Å². The summed E-state index contributed by atoms with van der Waals surface area (Å²) in [4.78, 5) is 14.2. The van der Waals surface area contributed by atoms with Crippen LogP contribution in [0.5, 0.6) is 0 Å². The maximum Gasteiger partial charge on any atom is 0.259 e. The number of aromatic nitrogens is 1. The van der Waals surface area contributed by atoms with Gasteiger partial charge >= 0.3 is 0 Å². The minimum absolute atomic E-state index is 0.0648. The fraction of sp³-hybridized carbons (Fsp3) is 0.636. The first-order chi connectivity index (χ1) is 7.77. The molecule has 1 aromatic rings. The molecule has 0 aliphatic carbocycles. The Hall–Kier alpha value is -1.36. The van der Waals surface area contributed by atoms with Gasteiger partial charge in [-0.1, -0.05) is 5.16 Å². The van der Waals surface area contributed by atoms with Crippen molar-refractivity contribution in [3.05, 3.63) is 17.5 Å². The summed E-state index contributed by atoms with van der Waals surface area (Å²) in [5.74, 6) is 1.30. The molecule has 16 heavy (non-hydrogen) atoms. The number of hydrogen-bond acceptors (Lipinski definition) is 4. The normalized spacial score (nSPS) is 28.4. The molecule has 5 heteroatoms. The number of rotatable bonds is 1. The Morgan fingerprint density at radius 2 is 2.50 bits per heavy atom. The lowest BCUT2D eigenvalue weighted by Crippen LogP contribution is -2.39. The van der Waals surface area contributed by atoms with E-state index >= 15 is 0 Å². The van der Waals surface area contributed by atoms with E-state index in [0.29, 0.717) is 23.3 Å². The first-order valence-corrected chi connectivity index (χ1v) is 5.70. The molecule has 2 atom stereocenters. The molecule has 0 spiro atoms. The topological polar surface area (TPSA) is 58.4 Å². The van der Waals surface area contributed by atoms with Crippen LogP contribution in [0.3, 0.4) is 0 Å². The molecule has 0 radical (unpaired) electrons. The molecule has 2 saturated heterocycles. The van der Waals surface area contributed by atoms with Gasteiger partial charge < -0.3 is 14.7 Å². The molecule has 2 unspecified atom stereocenters. The quantitative estimate of drug-likeness (QED) is 0.746. The number of nitrogens with zero attached hydrogens (tertiary/aromatic N) is 2. The van der Waals surface area contributed by atoms with Crippen molar-refractivity contribution in [2.75, 3.05) is 19.6 Å². The van der Waals surface area contributed by atoms with Crippen molar-refractivity contribution in [2.45, 2.75) is 19.4 Å². The van der Waals surface area contributed by atoms with Crippen LogP contribution in [0.2, 0.25) is 0 Å². The number of nitrogens with one attached hydrogen (secondary N) is 1. The molecule has 86 valence electrons. The first-order valence-electron chi connectivity index (χ1n) is 5.70. The molecule has 3 heterocycles. The summed E-state index contributed by atoms with van der Waals surface area (Å²) in [6.07, 6.45) is 2.63. The minimum atomic E-state index is 0.0648. The molecule has 1 amide bonds. The Morgan fingerprint density at radius 1 is 1.62 bits per heavy atom. The number of carbonyl (C=O) groups is 1. The highest BCUT2D eigenvalue weighted by Gasteiger charge is 2.40. The molecule has 1 N–H and O–H groups in total. The maximum absolute atomic E-state index is 12.3. The highest BCUT2D eigenvalue weighted by Crippen LogP contribution is 2.28. The van der Waals surface area contributed by atoms with E-state index in [4.69, 9.17) is 4.52 Å². The molecule has 3 rings (SSSR count). The van der Waals surface area contributed by atoms with Crippen LogP contribution in [-0.4, -0.2) is 41.6 Å². The summed E-state index contributed by atoms with van der Waals surface area (Å²) in [5, 5.41) is 7.00. The zero-order valence-electron chi connectivity index (χ0n) is 9.27. The Morgan fingerprint density at radius 3 is 3.25 bits per heavy atom. The van der Waals surface area contributed by atoms with Crippen LogP contribution in [0, 0.1) is 12.8 Å². The number of aryl methyl sites for hydroxylation is 1. The van der Waals surface area contributed by atoms with Crippen LogP contribution in [0.1, 0.15) is 22.5 Å². The first kappa shape index (κ1) is 9.84.